The predicted molar refractivity (Wildman–Crippen MR) is 113 cm³/mol. The Bertz CT molecular complexity index is 791. The third kappa shape index (κ3) is 4.49. The minimum Gasteiger partial charge on any atom is -0.299 e. The summed E-state index contributed by atoms with van der Waals surface area (Å²) in [6.45, 7) is 3.13. The Hall–Kier alpha value is -1.53. The third-order valence-corrected chi connectivity index (χ3v) is 6.50. The zero-order chi connectivity index (χ0) is 19.4. The van der Waals surface area contributed by atoms with Crippen LogP contribution in [-0.2, 0) is 12.0 Å². The maximum atomic E-state index is 10.2. The van der Waals surface area contributed by atoms with Crippen LogP contribution < -0.4 is 0 Å². The monoisotopic (exact) mass is 400 g/mol. The van der Waals surface area contributed by atoms with Gasteiger partial charge in [0.05, 0.1) is 11.5 Å². The summed E-state index contributed by atoms with van der Waals surface area (Å²) in [5.41, 5.74) is 1.54. The standard InChI is InChI=1S/C23H26Cl2N2/c1-17(27(2)15-18-7-4-3-5-8-18)13-14-23(16-26,19-11-12-19)22-20(24)9-6-10-21(22)25/h3-10,17,19H,11-15H2,1-2H3. The van der Waals surface area contributed by atoms with Crippen LogP contribution in [0.2, 0.25) is 10.0 Å². The van der Waals surface area contributed by atoms with Crippen LogP contribution >= 0.6 is 23.2 Å². The normalized spacial score (nSPS) is 17.3. The zero-order valence-electron chi connectivity index (χ0n) is 16.0. The van der Waals surface area contributed by atoms with E-state index in [1.54, 1.807) is 0 Å². The molecule has 0 saturated heterocycles. The summed E-state index contributed by atoms with van der Waals surface area (Å²) in [7, 11) is 2.14. The predicted octanol–water partition coefficient (Wildman–Crippen LogP) is 6.47. The van der Waals surface area contributed by atoms with E-state index in [-0.39, 0.29) is 0 Å². The molecule has 2 nitrogen and oxygen atoms in total. The molecule has 4 heteroatoms. The molecule has 2 atom stereocenters. The fourth-order valence-corrected chi connectivity index (χ4v) is 4.66. The van der Waals surface area contributed by atoms with E-state index in [1.165, 1.54) is 5.56 Å². The molecule has 0 N–H and O–H groups in total. The van der Waals surface area contributed by atoms with Gasteiger partial charge in [-0.2, -0.15) is 5.26 Å². The highest BCUT2D eigenvalue weighted by atomic mass is 35.5. The Labute approximate surface area is 172 Å². The van der Waals surface area contributed by atoms with Crippen LogP contribution in [0.15, 0.2) is 48.5 Å². The lowest BCUT2D eigenvalue weighted by atomic mass is 9.73. The van der Waals surface area contributed by atoms with Gasteiger partial charge < -0.3 is 0 Å². The second-order valence-corrected chi connectivity index (χ2v) is 8.56. The van der Waals surface area contributed by atoms with Gasteiger partial charge in [-0.1, -0.05) is 59.6 Å². The Balaban J connectivity index is 1.75. The molecule has 0 amide bonds. The molecule has 0 heterocycles. The lowest BCUT2D eigenvalue weighted by molar-refractivity contribution is 0.222. The van der Waals surface area contributed by atoms with E-state index in [0.717, 1.165) is 37.8 Å². The molecule has 1 saturated carbocycles. The first-order valence-electron chi connectivity index (χ1n) is 9.58. The smallest absolute Gasteiger partial charge is 0.0879 e. The minimum absolute atomic E-state index is 0.353. The molecule has 27 heavy (non-hydrogen) atoms. The first-order valence-corrected chi connectivity index (χ1v) is 10.3. The zero-order valence-corrected chi connectivity index (χ0v) is 17.5. The highest BCUT2D eigenvalue weighted by molar-refractivity contribution is 6.36. The number of nitrogens with zero attached hydrogens (tertiary/aromatic N) is 2. The first-order chi connectivity index (χ1) is 13.0. The van der Waals surface area contributed by atoms with E-state index in [0.29, 0.717) is 22.0 Å². The maximum Gasteiger partial charge on any atom is 0.0879 e. The van der Waals surface area contributed by atoms with Gasteiger partial charge in [0.2, 0.25) is 0 Å². The van der Waals surface area contributed by atoms with Crippen molar-refractivity contribution in [2.75, 3.05) is 7.05 Å². The van der Waals surface area contributed by atoms with Gasteiger partial charge >= 0.3 is 0 Å². The van der Waals surface area contributed by atoms with Gasteiger partial charge in [0.15, 0.2) is 0 Å². The molecule has 1 aliphatic rings. The van der Waals surface area contributed by atoms with Gasteiger partial charge in [-0.15, -0.1) is 0 Å². The largest absolute Gasteiger partial charge is 0.299 e. The SMILES string of the molecule is CC(CCC(C#N)(c1c(Cl)cccc1Cl)C1CC1)N(C)Cc1ccccc1. The number of halogens is 2. The molecule has 142 valence electrons. The number of hydrogen-bond donors (Lipinski definition) is 0. The molecule has 1 aliphatic carbocycles. The van der Waals surface area contributed by atoms with Crippen LogP contribution in [0.5, 0.6) is 0 Å². The van der Waals surface area contributed by atoms with Crippen LogP contribution in [0.4, 0.5) is 0 Å². The van der Waals surface area contributed by atoms with Gasteiger partial charge in [-0.25, -0.2) is 0 Å². The van der Waals surface area contributed by atoms with E-state index < -0.39 is 5.41 Å². The number of hydrogen-bond acceptors (Lipinski definition) is 2. The fourth-order valence-electron chi connectivity index (χ4n) is 3.92. The molecule has 0 aromatic heterocycles. The van der Waals surface area contributed by atoms with Crippen molar-refractivity contribution in [3.63, 3.8) is 0 Å². The van der Waals surface area contributed by atoms with E-state index in [1.807, 2.05) is 24.3 Å². The molecule has 3 rings (SSSR count). The van der Waals surface area contributed by atoms with Crippen LogP contribution in [0, 0.1) is 17.2 Å². The van der Waals surface area contributed by atoms with E-state index in [2.05, 4.69) is 49.2 Å². The summed E-state index contributed by atoms with van der Waals surface area (Å²) in [6.07, 6.45) is 3.85. The van der Waals surface area contributed by atoms with Gasteiger partial charge in [-0.3, -0.25) is 4.90 Å². The second kappa shape index (κ2) is 8.65. The van der Waals surface area contributed by atoms with Gasteiger partial charge in [0.1, 0.15) is 0 Å². The average molecular weight is 401 g/mol. The minimum atomic E-state index is -0.586. The van der Waals surface area contributed by atoms with Crippen LogP contribution in [0.25, 0.3) is 0 Å². The molecule has 2 aromatic carbocycles. The molecule has 2 aromatic rings. The van der Waals surface area contributed by atoms with Crippen molar-refractivity contribution in [3.8, 4) is 6.07 Å². The summed E-state index contributed by atoms with van der Waals surface area (Å²) in [6, 6.07) is 19.0. The fraction of sp³-hybridized carbons (Fsp3) is 0.435. The molecule has 0 spiro atoms. The molecule has 0 bridgehead atoms. The quantitative estimate of drug-likeness (QED) is 0.507. The van der Waals surface area contributed by atoms with Crippen LogP contribution in [0.1, 0.15) is 43.7 Å². The lowest BCUT2D eigenvalue weighted by Crippen LogP contribution is -2.33. The van der Waals surface area contributed by atoms with Gasteiger partial charge in [0, 0.05) is 28.2 Å². The first kappa shape index (κ1) is 20.2. The maximum absolute atomic E-state index is 10.2. The Morgan fingerprint density at radius 1 is 1.11 bits per heavy atom. The highest BCUT2D eigenvalue weighted by Gasteiger charge is 2.48. The van der Waals surface area contributed by atoms with Crippen molar-refractivity contribution in [2.45, 2.75) is 50.6 Å². The highest BCUT2D eigenvalue weighted by Crippen LogP contribution is 2.53. The summed E-state index contributed by atoms with van der Waals surface area (Å²) in [5, 5.41) is 11.4. The Morgan fingerprint density at radius 3 is 2.30 bits per heavy atom. The summed E-state index contributed by atoms with van der Waals surface area (Å²) >= 11 is 13.0. The summed E-state index contributed by atoms with van der Waals surface area (Å²) in [4.78, 5) is 2.35. The van der Waals surface area contributed by atoms with Crippen molar-refractivity contribution in [1.82, 2.24) is 4.90 Å². The average Bonchev–Trinajstić information content (AvgIpc) is 3.50. The lowest BCUT2D eigenvalue weighted by Gasteiger charge is -2.32. The number of benzene rings is 2. The molecule has 0 radical (unpaired) electrons. The van der Waals surface area contributed by atoms with Crippen LogP contribution in [-0.4, -0.2) is 18.0 Å². The summed E-state index contributed by atoms with van der Waals surface area (Å²) in [5.74, 6) is 0.353. The number of rotatable bonds is 8. The topological polar surface area (TPSA) is 27.0 Å². The summed E-state index contributed by atoms with van der Waals surface area (Å²) < 4.78 is 0. The molecule has 0 aliphatic heterocycles. The molecule has 1 fully saturated rings. The van der Waals surface area contributed by atoms with Crippen LogP contribution in [0.3, 0.4) is 0 Å². The van der Waals surface area contributed by atoms with Crippen molar-refractivity contribution >= 4 is 23.2 Å². The van der Waals surface area contributed by atoms with Gasteiger partial charge in [-0.05, 0) is 63.3 Å². The Kier molecular flexibility index (Phi) is 6.48. The van der Waals surface area contributed by atoms with Crippen molar-refractivity contribution in [3.05, 3.63) is 69.7 Å². The molecular formula is C23H26Cl2N2. The third-order valence-electron chi connectivity index (χ3n) is 5.87. The van der Waals surface area contributed by atoms with E-state index in [4.69, 9.17) is 23.2 Å². The molecular weight excluding hydrogens is 375 g/mol. The van der Waals surface area contributed by atoms with Crippen molar-refractivity contribution in [1.29, 1.82) is 5.26 Å². The number of nitriles is 1. The second-order valence-electron chi connectivity index (χ2n) is 7.74. The van der Waals surface area contributed by atoms with Gasteiger partial charge in [0.25, 0.3) is 0 Å². The van der Waals surface area contributed by atoms with E-state index >= 15 is 0 Å². The van der Waals surface area contributed by atoms with Crippen molar-refractivity contribution < 1.29 is 0 Å². The van der Waals surface area contributed by atoms with E-state index in [9.17, 15) is 5.26 Å². The molecule has 2 unspecified atom stereocenters. The Morgan fingerprint density at radius 2 is 1.74 bits per heavy atom. The van der Waals surface area contributed by atoms with Crippen molar-refractivity contribution in [2.24, 2.45) is 5.92 Å².